The average Bonchev–Trinajstić information content (AvgIpc) is 2.69. The number of hydrogen-bond donors (Lipinski definition) is 2. The van der Waals surface area contributed by atoms with Gasteiger partial charge in [-0.3, -0.25) is 9.59 Å². The van der Waals surface area contributed by atoms with Gasteiger partial charge in [0.25, 0.3) is 11.8 Å². The normalized spacial score (nSPS) is 11.2. The number of quaternary nitrogens is 1. The second-order valence-corrected chi connectivity index (χ2v) is 6.49. The van der Waals surface area contributed by atoms with E-state index in [2.05, 4.69) is 5.32 Å². The number of nitrogens with zero attached hydrogens (tertiary/aromatic N) is 2. The molecule has 0 saturated heterocycles. The van der Waals surface area contributed by atoms with Crippen LogP contribution in [0.2, 0.25) is 0 Å². The van der Waals surface area contributed by atoms with Crippen molar-refractivity contribution in [2.24, 2.45) is 0 Å². The molecule has 0 aromatic heterocycles. The lowest BCUT2D eigenvalue weighted by molar-refractivity contribution is -0.862. The van der Waals surface area contributed by atoms with E-state index in [0.717, 1.165) is 0 Å². The SMILES string of the molecule is COc1ccc(NC(=O)C[NH+](C)CC(=O)N(CCC#N)c2ccccc2F)cc1. The standard InChI is InChI=1S/C21H23FN4O3/c1-25(14-20(27)24-16-8-10-17(29-2)11-9-16)15-21(28)26(13-5-12-23)19-7-4-3-6-18(19)22/h3-4,6-11H,5,13-15H2,1-2H3,(H,24,27)/p+1. The van der Waals surface area contributed by atoms with Gasteiger partial charge < -0.3 is 19.9 Å². The van der Waals surface area contributed by atoms with E-state index in [9.17, 15) is 14.0 Å². The fourth-order valence-corrected chi connectivity index (χ4v) is 2.78. The predicted octanol–water partition coefficient (Wildman–Crippen LogP) is 1.23. The third kappa shape index (κ3) is 6.59. The molecule has 1 unspecified atom stereocenters. The number of amides is 2. The minimum absolute atomic E-state index is 0.0181. The Morgan fingerprint density at radius 3 is 2.48 bits per heavy atom. The molecular formula is C21H24FN4O3+. The van der Waals surface area contributed by atoms with Crippen molar-refractivity contribution in [3.63, 3.8) is 0 Å². The monoisotopic (exact) mass is 399 g/mol. The van der Waals surface area contributed by atoms with Gasteiger partial charge in [0.05, 0.1) is 32.3 Å². The molecule has 2 amide bonds. The summed E-state index contributed by atoms with van der Waals surface area (Å²) in [5.74, 6) is -0.467. The minimum atomic E-state index is -0.534. The lowest BCUT2D eigenvalue weighted by Gasteiger charge is -2.23. The Labute approximate surface area is 169 Å². The van der Waals surface area contributed by atoms with Gasteiger partial charge in [0.15, 0.2) is 13.1 Å². The zero-order valence-corrected chi connectivity index (χ0v) is 16.4. The van der Waals surface area contributed by atoms with Gasteiger partial charge in [-0.25, -0.2) is 4.39 Å². The van der Waals surface area contributed by atoms with Crippen molar-refractivity contribution in [3.05, 3.63) is 54.3 Å². The maximum atomic E-state index is 14.1. The van der Waals surface area contributed by atoms with Crippen molar-refractivity contribution in [1.29, 1.82) is 5.26 Å². The van der Waals surface area contributed by atoms with Crippen molar-refractivity contribution >= 4 is 23.2 Å². The highest BCUT2D eigenvalue weighted by molar-refractivity contribution is 5.95. The number of ether oxygens (including phenoxy) is 1. The van der Waals surface area contributed by atoms with Gasteiger partial charge in [-0.15, -0.1) is 0 Å². The number of carbonyl (C=O) groups excluding carboxylic acids is 2. The van der Waals surface area contributed by atoms with E-state index in [0.29, 0.717) is 16.3 Å². The molecule has 2 N–H and O–H groups in total. The summed E-state index contributed by atoms with van der Waals surface area (Å²) in [4.78, 5) is 26.8. The molecule has 0 bridgehead atoms. The van der Waals surface area contributed by atoms with Crippen LogP contribution in [-0.2, 0) is 9.59 Å². The van der Waals surface area contributed by atoms with Gasteiger partial charge >= 0.3 is 0 Å². The first-order valence-electron chi connectivity index (χ1n) is 9.11. The minimum Gasteiger partial charge on any atom is -0.497 e. The van der Waals surface area contributed by atoms with Crippen molar-refractivity contribution < 1.29 is 23.6 Å². The van der Waals surface area contributed by atoms with Crippen LogP contribution in [0.1, 0.15) is 6.42 Å². The number of nitriles is 1. The molecule has 0 aliphatic carbocycles. The number of benzene rings is 2. The number of anilines is 2. The molecular weight excluding hydrogens is 375 g/mol. The third-order valence-electron chi connectivity index (χ3n) is 4.18. The Kier molecular flexibility index (Phi) is 8.12. The number of halogens is 1. The first-order valence-corrected chi connectivity index (χ1v) is 9.11. The Bertz CT molecular complexity index is 880. The van der Waals surface area contributed by atoms with Gasteiger partial charge in [0, 0.05) is 12.2 Å². The molecule has 2 rings (SSSR count). The Morgan fingerprint density at radius 1 is 1.17 bits per heavy atom. The highest BCUT2D eigenvalue weighted by Crippen LogP contribution is 2.19. The largest absolute Gasteiger partial charge is 0.497 e. The fourth-order valence-electron chi connectivity index (χ4n) is 2.78. The zero-order chi connectivity index (χ0) is 21.2. The van der Waals surface area contributed by atoms with Crippen molar-refractivity contribution in [2.45, 2.75) is 6.42 Å². The summed E-state index contributed by atoms with van der Waals surface area (Å²) in [6, 6.07) is 14.8. The maximum Gasteiger partial charge on any atom is 0.282 e. The molecule has 8 heteroatoms. The highest BCUT2D eigenvalue weighted by atomic mass is 19.1. The van der Waals surface area contributed by atoms with Crippen LogP contribution in [0.25, 0.3) is 0 Å². The molecule has 7 nitrogen and oxygen atoms in total. The van der Waals surface area contributed by atoms with Gasteiger partial charge in [-0.2, -0.15) is 5.26 Å². The third-order valence-corrected chi connectivity index (χ3v) is 4.18. The summed E-state index contributed by atoms with van der Waals surface area (Å²) < 4.78 is 19.2. The summed E-state index contributed by atoms with van der Waals surface area (Å²) in [6.45, 7) is 0.124. The molecule has 2 aromatic carbocycles. The van der Waals surface area contributed by atoms with Crippen LogP contribution < -0.4 is 19.9 Å². The molecule has 1 atom stereocenters. The molecule has 0 fully saturated rings. The number of carbonyl (C=O) groups is 2. The van der Waals surface area contributed by atoms with Gasteiger partial charge in [-0.05, 0) is 36.4 Å². The van der Waals surface area contributed by atoms with Crippen LogP contribution in [0.5, 0.6) is 5.75 Å². The molecule has 0 saturated carbocycles. The van der Waals surface area contributed by atoms with Gasteiger partial charge in [-0.1, -0.05) is 12.1 Å². The number of methoxy groups -OCH3 is 1. The van der Waals surface area contributed by atoms with Crippen molar-refractivity contribution in [3.8, 4) is 11.8 Å². The summed E-state index contributed by atoms with van der Waals surface area (Å²) in [6.07, 6.45) is 0.0804. The lowest BCUT2D eigenvalue weighted by atomic mass is 10.2. The second kappa shape index (κ2) is 10.8. The number of para-hydroxylation sites is 1. The van der Waals surface area contributed by atoms with E-state index in [1.54, 1.807) is 44.5 Å². The summed E-state index contributed by atoms with van der Waals surface area (Å²) in [7, 11) is 3.26. The highest BCUT2D eigenvalue weighted by Gasteiger charge is 2.23. The Morgan fingerprint density at radius 2 is 1.86 bits per heavy atom. The first kappa shape index (κ1) is 21.9. The molecule has 2 aromatic rings. The number of nitrogens with one attached hydrogen (secondary N) is 2. The quantitative estimate of drug-likeness (QED) is 0.664. The Balaban J connectivity index is 1.96. The van der Waals surface area contributed by atoms with Gasteiger partial charge in [0.1, 0.15) is 11.6 Å². The zero-order valence-electron chi connectivity index (χ0n) is 16.4. The smallest absolute Gasteiger partial charge is 0.282 e. The van der Waals surface area contributed by atoms with E-state index in [4.69, 9.17) is 10.00 Å². The molecule has 0 aliphatic heterocycles. The van der Waals surface area contributed by atoms with Crippen molar-refractivity contribution in [1.82, 2.24) is 0 Å². The topological polar surface area (TPSA) is 86.9 Å². The molecule has 0 heterocycles. The van der Waals surface area contributed by atoms with E-state index >= 15 is 0 Å². The molecule has 0 radical (unpaired) electrons. The summed E-state index contributed by atoms with van der Waals surface area (Å²) >= 11 is 0. The number of hydrogen-bond acceptors (Lipinski definition) is 4. The van der Waals surface area contributed by atoms with Crippen LogP contribution in [-0.4, -0.2) is 45.6 Å². The molecule has 152 valence electrons. The van der Waals surface area contributed by atoms with E-state index in [-0.39, 0.29) is 43.6 Å². The van der Waals surface area contributed by atoms with Crippen molar-refractivity contribution in [2.75, 3.05) is 44.0 Å². The van der Waals surface area contributed by atoms with Crippen LogP contribution in [0.15, 0.2) is 48.5 Å². The lowest BCUT2D eigenvalue weighted by Crippen LogP contribution is -3.11. The van der Waals surface area contributed by atoms with E-state index < -0.39 is 5.82 Å². The van der Waals surface area contributed by atoms with Crippen LogP contribution in [0.3, 0.4) is 0 Å². The Hall–Kier alpha value is -3.44. The second-order valence-electron chi connectivity index (χ2n) is 6.49. The van der Waals surface area contributed by atoms with E-state index in [1.165, 1.54) is 23.1 Å². The predicted molar refractivity (Wildman–Crippen MR) is 107 cm³/mol. The van der Waals surface area contributed by atoms with Crippen LogP contribution >= 0.6 is 0 Å². The molecule has 29 heavy (non-hydrogen) atoms. The average molecular weight is 399 g/mol. The van der Waals surface area contributed by atoms with E-state index in [1.807, 2.05) is 6.07 Å². The maximum absolute atomic E-state index is 14.1. The summed E-state index contributed by atoms with van der Waals surface area (Å²) in [5, 5.41) is 11.6. The number of rotatable bonds is 9. The molecule has 0 spiro atoms. The van der Waals surface area contributed by atoms with Gasteiger partial charge in [0.2, 0.25) is 0 Å². The number of likely N-dealkylation sites (N-methyl/N-ethyl adjacent to an activating group) is 1. The summed E-state index contributed by atoms with van der Waals surface area (Å²) in [5.41, 5.74) is 0.750. The molecule has 0 aliphatic rings. The fraction of sp³-hybridized carbons (Fsp3) is 0.286. The van der Waals surface area contributed by atoms with Crippen LogP contribution in [0.4, 0.5) is 15.8 Å². The first-order chi connectivity index (χ1) is 13.9. The van der Waals surface area contributed by atoms with Crippen LogP contribution in [0, 0.1) is 17.1 Å².